The van der Waals surface area contributed by atoms with Gasteiger partial charge in [-0.05, 0) is 60.2 Å². The summed E-state index contributed by atoms with van der Waals surface area (Å²) in [5.74, 6) is 2.05. The second-order valence-corrected chi connectivity index (χ2v) is 7.49. The highest BCUT2D eigenvalue weighted by Gasteiger charge is 2.38. The molecule has 1 atom stereocenters. The Morgan fingerprint density at radius 3 is 2.50 bits per heavy atom. The molecule has 1 heterocycles. The third-order valence-electron chi connectivity index (χ3n) is 6.27. The minimum atomic E-state index is 0.225. The summed E-state index contributed by atoms with van der Waals surface area (Å²) in [5.41, 5.74) is 7.56. The number of ether oxygens (including phenoxy) is 3. The number of aldehydes is 1. The van der Waals surface area contributed by atoms with Gasteiger partial charge in [0.15, 0.2) is 17.8 Å². The smallest absolute Gasteiger partial charge is 0.172 e. The van der Waals surface area contributed by atoms with Crippen LogP contribution in [0.5, 0.6) is 17.2 Å². The molecule has 5 nitrogen and oxygen atoms in total. The number of likely N-dealkylation sites (N-methyl/N-ethyl adjacent to an activating group) is 1. The first-order valence-electron chi connectivity index (χ1n) is 9.75. The SMILES string of the molecule is CCc1cc2c(cc1OC)-c1c(OC)c(OC)c(C=O)c3c1C(C2)N(C)CC3. The Kier molecular flexibility index (Phi) is 4.79. The Labute approximate surface area is 166 Å². The van der Waals surface area contributed by atoms with Crippen LogP contribution in [-0.4, -0.2) is 46.1 Å². The molecule has 0 saturated carbocycles. The van der Waals surface area contributed by atoms with E-state index in [1.165, 1.54) is 16.7 Å². The van der Waals surface area contributed by atoms with Crippen molar-refractivity contribution in [3.63, 3.8) is 0 Å². The number of aryl methyl sites for hydroxylation is 1. The van der Waals surface area contributed by atoms with E-state index < -0.39 is 0 Å². The lowest BCUT2D eigenvalue weighted by atomic mass is 9.74. The van der Waals surface area contributed by atoms with E-state index in [0.717, 1.165) is 54.5 Å². The van der Waals surface area contributed by atoms with Crippen LogP contribution in [0.3, 0.4) is 0 Å². The Bertz CT molecular complexity index is 951. The Balaban J connectivity index is 2.13. The molecule has 4 rings (SSSR count). The van der Waals surface area contributed by atoms with Crippen molar-refractivity contribution < 1.29 is 19.0 Å². The van der Waals surface area contributed by atoms with Gasteiger partial charge in [0.05, 0.1) is 26.9 Å². The average molecular weight is 381 g/mol. The Morgan fingerprint density at radius 2 is 1.89 bits per heavy atom. The topological polar surface area (TPSA) is 48.0 Å². The molecule has 0 saturated heterocycles. The highest BCUT2D eigenvalue weighted by molar-refractivity contribution is 5.93. The van der Waals surface area contributed by atoms with Gasteiger partial charge in [-0.2, -0.15) is 0 Å². The fraction of sp³-hybridized carbons (Fsp3) is 0.435. The van der Waals surface area contributed by atoms with E-state index in [1.54, 1.807) is 21.3 Å². The van der Waals surface area contributed by atoms with Crippen LogP contribution in [0.1, 0.15) is 45.6 Å². The number of fused-ring (bicyclic) bond motifs is 2. The standard InChI is InChI=1S/C23H27NO4/c1-6-13-9-14-10-18-20-15(7-8-24(18)2)17(12-25)22(27-4)23(28-5)21(20)16(14)11-19(13)26-3/h9,11-12,18H,6-8,10H2,1-5H3. The summed E-state index contributed by atoms with van der Waals surface area (Å²) < 4.78 is 17.2. The van der Waals surface area contributed by atoms with E-state index in [9.17, 15) is 4.79 Å². The predicted molar refractivity (Wildman–Crippen MR) is 109 cm³/mol. The van der Waals surface area contributed by atoms with Crippen LogP contribution in [0.15, 0.2) is 12.1 Å². The van der Waals surface area contributed by atoms with E-state index in [2.05, 4.69) is 31.0 Å². The number of hydrogen-bond acceptors (Lipinski definition) is 5. The Morgan fingerprint density at radius 1 is 1.14 bits per heavy atom. The van der Waals surface area contributed by atoms with E-state index in [0.29, 0.717) is 17.1 Å². The van der Waals surface area contributed by atoms with Gasteiger partial charge in [-0.1, -0.05) is 13.0 Å². The first-order chi connectivity index (χ1) is 13.6. The van der Waals surface area contributed by atoms with E-state index in [4.69, 9.17) is 14.2 Å². The van der Waals surface area contributed by atoms with Gasteiger partial charge >= 0.3 is 0 Å². The summed E-state index contributed by atoms with van der Waals surface area (Å²) >= 11 is 0. The van der Waals surface area contributed by atoms with Crippen molar-refractivity contribution in [1.82, 2.24) is 4.90 Å². The van der Waals surface area contributed by atoms with Crippen molar-refractivity contribution in [2.24, 2.45) is 0 Å². The molecule has 1 aliphatic heterocycles. The number of rotatable bonds is 5. The van der Waals surface area contributed by atoms with E-state index in [1.807, 2.05) is 0 Å². The molecule has 0 amide bonds. The van der Waals surface area contributed by atoms with Crippen LogP contribution in [0.4, 0.5) is 0 Å². The molecule has 5 heteroatoms. The second kappa shape index (κ2) is 7.13. The molecular formula is C23H27NO4. The summed E-state index contributed by atoms with van der Waals surface area (Å²) in [6.45, 7) is 3.06. The lowest BCUT2D eigenvalue weighted by Crippen LogP contribution is -2.36. The van der Waals surface area contributed by atoms with Gasteiger partial charge in [0, 0.05) is 18.2 Å². The van der Waals surface area contributed by atoms with Crippen LogP contribution < -0.4 is 14.2 Å². The minimum Gasteiger partial charge on any atom is -0.496 e. The Hall–Kier alpha value is -2.53. The third kappa shape index (κ3) is 2.53. The van der Waals surface area contributed by atoms with Gasteiger partial charge in [0.25, 0.3) is 0 Å². The van der Waals surface area contributed by atoms with Crippen LogP contribution in [0.2, 0.25) is 0 Å². The van der Waals surface area contributed by atoms with E-state index in [-0.39, 0.29) is 6.04 Å². The summed E-state index contributed by atoms with van der Waals surface area (Å²) in [6, 6.07) is 4.61. The molecular weight excluding hydrogens is 354 g/mol. The number of methoxy groups -OCH3 is 3. The minimum absolute atomic E-state index is 0.225. The first-order valence-corrected chi connectivity index (χ1v) is 9.75. The van der Waals surface area contributed by atoms with E-state index >= 15 is 0 Å². The zero-order valence-corrected chi connectivity index (χ0v) is 17.2. The fourth-order valence-electron chi connectivity index (χ4n) is 4.89. The number of nitrogens with zero attached hydrogens (tertiary/aromatic N) is 1. The van der Waals surface area contributed by atoms with Gasteiger partial charge in [0.1, 0.15) is 5.75 Å². The quantitative estimate of drug-likeness (QED) is 0.737. The fourth-order valence-corrected chi connectivity index (χ4v) is 4.89. The van der Waals surface area contributed by atoms with Crippen molar-refractivity contribution in [2.45, 2.75) is 32.2 Å². The number of benzene rings is 2. The van der Waals surface area contributed by atoms with Gasteiger partial charge in [-0.15, -0.1) is 0 Å². The lowest BCUT2D eigenvalue weighted by Gasteiger charge is -2.41. The van der Waals surface area contributed by atoms with Gasteiger partial charge in [-0.3, -0.25) is 9.69 Å². The maximum absolute atomic E-state index is 12.0. The number of hydrogen-bond donors (Lipinski definition) is 0. The molecule has 28 heavy (non-hydrogen) atoms. The molecule has 1 unspecified atom stereocenters. The molecule has 0 aromatic heterocycles. The van der Waals surface area contributed by atoms with Crippen molar-refractivity contribution in [3.05, 3.63) is 39.9 Å². The van der Waals surface area contributed by atoms with Gasteiger partial charge in [-0.25, -0.2) is 0 Å². The maximum Gasteiger partial charge on any atom is 0.172 e. The molecule has 1 aliphatic carbocycles. The molecule has 148 valence electrons. The van der Waals surface area contributed by atoms with Gasteiger partial charge < -0.3 is 14.2 Å². The molecule has 2 aromatic rings. The van der Waals surface area contributed by atoms with Crippen molar-refractivity contribution in [2.75, 3.05) is 34.9 Å². The summed E-state index contributed by atoms with van der Waals surface area (Å²) in [5, 5.41) is 0. The molecule has 0 radical (unpaired) electrons. The highest BCUT2D eigenvalue weighted by Crippen LogP contribution is 2.54. The first kappa shape index (κ1) is 18.8. The summed E-state index contributed by atoms with van der Waals surface area (Å²) in [7, 11) is 7.11. The average Bonchev–Trinajstić information content (AvgIpc) is 2.73. The van der Waals surface area contributed by atoms with Crippen molar-refractivity contribution in [3.8, 4) is 28.4 Å². The molecule has 0 fully saturated rings. The number of carbonyl (C=O) groups excluding carboxylic acids is 1. The van der Waals surface area contributed by atoms with Crippen LogP contribution in [0, 0.1) is 0 Å². The second-order valence-electron chi connectivity index (χ2n) is 7.49. The molecule has 0 spiro atoms. The van der Waals surface area contributed by atoms with Crippen molar-refractivity contribution >= 4 is 6.29 Å². The highest BCUT2D eigenvalue weighted by atomic mass is 16.5. The molecule has 2 aliphatic rings. The van der Waals surface area contributed by atoms with Crippen LogP contribution in [0.25, 0.3) is 11.1 Å². The zero-order valence-electron chi connectivity index (χ0n) is 17.2. The van der Waals surface area contributed by atoms with Crippen LogP contribution >= 0.6 is 0 Å². The monoisotopic (exact) mass is 381 g/mol. The predicted octanol–water partition coefficient (Wildman–Crippen LogP) is 3.84. The largest absolute Gasteiger partial charge is 0.496 e. The molecule has 0 bridgehead atoms. The third-order valence-corrected chi connectivity index (χ3v) is 6.27. The molecule has 2 aromatic carbocycles. The lowest BCUT2D eigenvalue weighted by molar-refractivity contribution is 0.111. The van der Waals surface area contributed by atoms with Crippen LogP contribution in [-0.2, 0) is 19.3 Å². The normalized spacial score (nSPS) is 17.5. The number of carbonyl (C=O) groups is 1. The van der Waals surface area contributed by atoms with Crippen molar-refractivity contribution in [1.29, 1.82) is 0 Å². The molecule has 0 N–H and O–H groups in total. The zero-order chi connectivity index (χ0) is 20.0. The van der Waals surface area contributed by atoms with Gasteiger partial charge in [0.2, 0.25) is 0 Å². The summed E-state index contributed by atoms with van der Waals surface area (Å²) in [6.07, 6.45) is 3.56. The summed E-state index contributed by atoms with van der Waals surface area (Å²) in [4.78, 5) is 14.4. The maximum atomic E-state index is 12.0.